The summed E-state index contributed by atoms with van der Waals surface area (Å²) in [5.74, 6) is 1.20. The minimum absolute atomic E-state index is 0.297. The molecule has 0 spiro atoms. The van der Waals surface area contributed by atoms with Gasteiger partial charge in [-0.05, 0) is 39.2 Å². The smallest absolute Gasteiger partial charge is 0.112 e. The number of hydrogen-bond donors (Lipinski definition) is 2. The topological polar surface area (TPSA) is 54.7 Å². The van der Waals surface area contributed by atoms with Crippen LogP contribution in [0.5, 0.6) is 0 Å². The highest BCUT2D eigenvalue weighted by molar-refractivity contribution is 5.19. The van der Waals surface area contributed by atoms with Crippen molar-refractivity contribution in [3.63, 3.8) is 0 Å². The lowest BCUT2D eigenvalue weighted by molar-refractivity contribution is 0.462. The molecular formula is C13H23N3. The van der Waals surface area contributed by atoms with E-state index in [1.807, 2.05) is 0 Å². The number of H-pyrrole nitrogens is 1. The van der Waals surface area contributed by atoms with E-state index in [9.17, 15) is 0 Å². The monoisotopic (exact) mass is 221 g/mol. The Morgan fingerprint density at radius 1 is 1.38 bits per heavy atom. The molecular weight excluding hydrogens is 198 g/mol. The molecule has 1 aliphatic rings. The fourth-order valence-electron chi connectivity index (χ4n) is 2.69. The molecule has 0 bridgehead atoms. The molecule has 1 fully saturated rings. The second kappa shape index (κ2) is 4.58. The first kappa shape index (κ1) is 11.6. The number of aromatic amines is 1. The summed E-state index contributed by atoms with van der Waals surface area (Å²) >= 11 is 0. The molecule has 1 aromatic rings. The SMILES string of the molecule is Cc1[nH]c(C2(C)CCCC2)nc1CCCN. The number of nitrogens with two attached hydrogens (primary N) is 1. The van der Waals surface area contributed by atoms with Gasteiger partial charge in [0.15, 0.2) is 0 Å². The Morgan fingerprint density at radius 2 is 2.06 bits per heavy atom. The van der Waals surface area contributed by atoms with Gasteiger partial charge < -0.3 is 10.7 Å². The standard InChI is InChI=1S/C13H23N3/c1-10-11(6-5-9-14)16-12(15-10)13(2)7-3-4-8-13/h3-9,14H2,1-2H3,(H,15,16). The highest BCUT2D eigenvalue weighted by Crippen LogP contribution is 2.39. The molecule has 16 heavy (non-hydrogen) atoms. The lowest BCUT2D eigenvalue weighted by Crippen LogP contribution is -2.18. The van der Waals surface area contributed by atoms with E-state index in [4.69, 9.17) is 10.7 Å². The van der Waals surface area contributed by atoms with Crippen molar-refractivity contribution >= 4 is 0 Å². The third-order valence-electron chi connectivity index (χ3n) is 3.88. The normalized spacial score (nSPS) is 19.2. The van der Waals surface area contributed by atoms with Crippen LogP contribution >= 0.6 is 0 Å². The maximum Gasteiger partial charge on any atom is 0.112 e. The first-order valence-electron chi connectivity index (χ1n) is 6.42. The zero-order valence-electron chi connectivity index (χ0n) is 10.5. The van der Waals surface area contributed by atoms with Crippen LogP contribution in [0.4, 0.5) is 0 Å². The van der Waals surface area contributed by atoms with E-state index in [0.717, 1.165) is 19.4 Å². The van der Waals surface area contributed by atoms with Crippen LogP contribution in [0.2, 0.25) is 0 Å². The lowest BCUT2D eigenvalue weighted by atomic mass is 9.88. The molecule has 2 rings (SSSR count). The van der Waals surface area contributed by atoms with Crippen LogP contribution in [-0.4, -0.2) is 16.5 Å². The van der Waals surface area contributed by atoms with Crippen molar-refractivity contribution in [2.75, 3.05) is 6.54 Å². The average molecular weight is 221 g/mol. The number of aryl methyl sites for hydroxylation is 2. The third kappa shape index (κ3) is 2.14. The summed E-state index contributed by atoms with van der Waals surface area (Å²) in [7, 11) is 0. The third-order valence-corrected chi connectivity index (χ3v) is 3.88. The van der Waals surface area contributed by atoms with E-state index in [1.165, 1.54) is 42.9 Å². The molecule has 1 aromatic heterocycles. The number of imidazole rings is 1. The van der Waals surface area contributed by atoms with Crippen molar-refractivity contribution in [3.05, 3.63) is 17.2 Å². The van der Waals surface area contributed by atoms with Gasteiger partial charge in [0.2, 0.25) is 0 Å². The minimum Gasteiger partial charge on any atom is -0.345 e. The molecule has 0 aromatic carbocycles. The molecule has 3 nitrogen and oxygen atoms in total. The van der Waals surface area contributed by atoms with E-state index >= 15 is 0 Å². The van der Waals surface area contributed by atoms with Crippen LogP contribution < -0.4 is 5.73 Å². The van der Waals surface area contributed by atoms with Crippen molar-refractivity contribution in [2.45, 2.75) is 57.8 Å². The second-order valence-corrected chi connectivity index (χ2v) is 5.32. The van der Waals surface area contributed by atoms with E-state index in [1.54, 1.807) is 0 Å². The Morgan fingerprint density at radius 3 is 2.69 bits per heavy atom. The van der Waals surface area contributed by atoms with E-state index in [0.29, 0.717) is 5.41 Å². The molecule has 0 aliphatic heterocycles. The maximum atomic E-state index is 5.54. The summed E-state index contributed by atoms with van der Waals surface area (Å²) in [4.78, 5) is 8.27. The predicted molar refractivity (Wildman–Crippen MR) is 66.5 cm³/mol. The van der Waals surface area contributed by atoms with Crippen LogP contribution in [0.15, 0.2) is 0 Å². The Labute approximate surface area is 97.8 Å². The highest BCUT2D eigenvalue weighted by Gasteiger charge is 2.33. The van der Waals surface area contributed by atoms with Crippen molar-refractivity contribution in [2.24, 2.45) is 5.73 Å². The van der Waals surface area contributed by atoms with Gasteiger partial charge in [-0.15, -0.1) is 0 Å². The van der Waals surface area contributed by atoms with Crippen LogP contribution in [0, 0.1) is 6.92 Å². The zero-order valence-corrected chi connectivity index (χ0v) is 10.5. The Bertz CT molecular complexity index is 348. The van der Waals surface area contributed by atoms with Crippen LogP contribution in [0.25, 0.3) is 0 Å². The largest absolute Gasteiger partial charge is 0.345 e. The molecule has 0 amide bonds. The summed E-state index contributed by atoms with van der Waals surface area (Å²) in [5.41, 5.74) is 8.29. The summed E-state index contributed by atoms with van der Waals surface area (Å²) in [5, 5.41) is 0. The Kier molecular flexibility index (Phi) is 3.33. The fraction of sp³-hybridized carbons (Fsp3) is 0.769. The van der Waals surface area contributed by atoms with Crippen LogP contribution in [-0.2, 0) is 11.8 Å². The molecule has 3 N–H and O–H groups in total. The summed E-state index contributed by atoms with van der Waals surface area (Å²) in [6.07, 6.45) is 7.27. The predicted octanol–water partition coefficient (Wildman–Crippen LogP) is 2.44. The minimum atomic E-state index is 0.297. The fourth-order valence-corrected chi connectivity index (χ4v) is 2.69. The lowest BCUT2D eigenvalue weighted by Gasteiger charge is -2.20. The van der Waals surface area contributed by atoms with Crippen molar-refractivity contribution in [3.8, 4) is 0 Å². The first-order valence-corrected chi connectivity index (χ1v) is 6.42. The first-order chi connectivity index (χ1) is 7.65. The van der Waals surface area contributed by atoms with Crippen molar-refractivity contribution in [1.82, 2.24) is 9.97 Å². The molecule has 0 saturated heterocycles. The number of rotatable bonds is 4. The molecule has 1 saturated carbocycles. The maximum absolute atomic E-state index is 5.54. The summed E-state index contributed by atoms with van der Waals surface area (Å²) in [6.45, 7) is 5.21. The highest BCUT2D eigenvalue weighted by atomic mass is 15.0. The van der Waals surface area contributed by atoms with Gasteiger partial charge in [-0.2, -0.15) is 0 Å². The molecule has 1 heterocycles. The number of aromatic nitrogens is 2. The number of hydrogen-bond acceptors (Lipinski definition) is 2. The Hall–Kier alpha value is -0.830. The van der Waals surface area contributed by atoms with E-state index in [-0.39, 0.29) is 0 Å². The number of nitrogens with zero attached hydrogens (tertiary/aromatic N) is 1. The van der Waals surface area contributed by atoms with Crippen LogP contribution in [0.3, 0.4) is 0 Å². The molecule has 0 radical (unpaired) electrons. The summed E-state index contributed by atoms with van der Waals surface area (Å²) < 4.78 is 0. The zero-order chi connectivity index (χ0) is 11.6. The molecule has 0 unspecified atom stereocenters. The van der Waals surface area contributed by atoms with Crippen molar-refractivity contribution < 1.29 is 0 Å². The van der Waals surface area contributed by atoms with E-state index in [2.05, 4.69) is 18.8 Å². The van der Waals surface area contributed by atoms with Crippen molar-refractivity contribution in [1.29, 1.82) is 0 Å². The van der Waals surface area contributed by atoms with E-state index < -0.39 is 0 Å². The average Bonchev–Trinajstić information content (AvgIpc) is 2.84. The van der Waals surface area contributed by atoms with Gasteiger partial charge in [0.05, 0.1) is 5.69 Å². The second-order valence-electron chi connectivity index (χ2n) is 5.32. The molecule has 3 heteroatoms. The molecule has 0 atom stereocenters. The van der Waals surface area contributed by atoms with Crippen LogP contribution in [0.1, 0.15) is 56.2 Å². The molecule has 90 valence electrons. The van der Waals surface area contributed by atoms with Gasteiger partial charge in [0.25, 0.3) is 0 Å². The van der Waals surface area contributed by atoms with Gasteiger partial charge in [0, 0.05) is 11.1 Å². The summed E-state index contributed by atoms with van der Waals surface area (Å²) in [6, 6.07) is 0. The van der Waals surface area contributed by atoms with Gasteiger partial charge in [-0.25, -0.2) is 4.98 Å². The van der Waals surface area contributed by atoms with Gasteiger partial charge >= 0.3 is 0 Å². The van der Waals surface area contributed by atoms with Gasteiger partial charge in [0.1, 0.15) is 5.82 Å². The number of nitrogens with one attached hydrogen (secondary N) is 1. The molecule has 1 aliphatic carbocycles. The van der Waals surface area contributed by atoms with Gasteiger partial charge in [-0.3, -0.25) is 0 Å². The van der Waals surface area contributed by atoms with Gasteiger partial charge in [-0.1, -0.05) is 19.8 Å². The Balaban J connectivity index is 2.16. The quantitative estimate of drug-likeness (QED) is 0.820.